The Morgan fingerprint density at radius 3 is 2.47 bits per heavy atom. The van der Waals surface area contributed by atoms with E-state index >= 15 is 0 Å². The minimum atomic E-state index is -3.25. The van der Waals surface area contributed by atoms with E-state index in [2.05, 4.69) is 16.8 Å². The molecule has 8 heteroatoms. The molecule has 2 aromatic carbocycles. The molecule has 2 aromatic rings. The fraction of sp³-hybridized carbons (Fsp3) is 0.455. The Hall–Kier alpha value is -1.31. The summed E-state index contributed by atoms with van der Waals surface area (Å²) < 4.78 is 30.0. The molecular formula is C22H26Cl2N2O3S. The van der Waals surface area contributed by atoms with Crippen LogP contribution in [0.3, 0.4) is 0 Å². The molecule has 1 fully saturated rings. The zero-order valence-corrected chi connectivity index (χ0v) is 19.5. The van der Waals surface area contributed by atoms with E-state index in [-0.39, 0.29) is 17.0 Å². The van der Waals surface area contributed by atoms with Crippen LogP contribution >= 0.6 is 23.2 Å². The molecule has 2 aliphatic rings. The molecule has 0 amide bonds. The van der Waals surface area contributed by atoms with Crippen LogP contribution < -0.4 is 4.74 Å². The smallest absolute Gasteiger partial charge is 0.175 e. The third-order valence-corrected chi connectivity index (χ3v) is 7.69. The van der Waals surface area contributed by atoms with Crippen molar-refractivity contribution in [1.29, 1.82) is 0 Å². The predicted octanol–water partition coefficient (Wildman–Crippen LogP) is 4.08. The Bertz CT molecular complexity index is 1030. The van der Waals surface area contributed by atoms with Gasteiger partial charge in [-0.1, -0.05) is 23.2 Å². The van der Waals surface area contributed by atoms with Crippen LogP contribution in [0.15, 0.2) is 41.3 Å². The molecule has 0 aromatic heterocycles. The van der Waals surface area contributed by atoms with Crippen molar-refractivity contribution in [2.75, 3.05) is 39.5 Å². The lowest BCUT2D eigenvalue weighted by molar-refractivity contribution is 0.0805. The van der Waals surface area contributed by atoms with Gasteiger partial charge in [-0.2, -0.15) is 0 Å². The van der Waals surface area contributed by atoms with Crippen LogP contribution in [0.5, 0.6) is 5.75 Å². The Labute approximate surface area is 188 Å². The summed E-state index contributed by atoms with van der Waals surface area (Å²) in [4.78, 5) is 5.12. The molecule has 1 saturated heterocycles. The molecule has 1 aliphatic heterocycles. The third kappa shape index (κ3) is 4.63. The molecular weight excluding hydrogens is 443 g/mol. The second kappa shape index (κ2) is 8.67. The molecule has 162 valence electrons. The zero-order valence-electron chi connectivity index (χ0n) is 17.1. The van der Waals surface area contributed by atoms with Gasteiger partial charge in [0, 0.05) is 35.0 Å². The minimum Gasteiger partial charge on any atom is -0.484 e. The van der Waals surface area contributed by atoms with Crippen molar-refractivity contribution in [3.63, 3.8) is 0 Å². The number of halogens is 2. The Kier molecular flexibility index (Phi) is 6.33. The number of hydrogen-bond acceptors (Lipinski definition) is 5. The molecule has 4 rings (SSSR count). The van der Waals surface area contributed by atoms with E-state index in [1.54, 1.807) is 30.3 Å². The molecule has 2 atom stereocenters. The monoisotopic (exact) mass is 468 g/mol. The van der Waals surface area contributed by atoms with Gasteiger partial charge in [0.2, 0.25) is 0 Å². The van der Waals surface area contributed by atoms with Crippen LogP contribution in [0, 0.1) is 0 Å². The second-order valence-corrected chi connectivity index (χ2v) is 11.1. The van der Waals surface area contributed by atoms with Gasteiger partial charge in [-0.15, -0.1) is 0 Å². The first kappa shape index (κ1) is 21.9. The SMILES string of the molecule is CN1CCCN(C2Cc3c(Cl)cc(Cl)cc3C2Oc2ccc(S(C)(=O)=O)cc2)CC1. The van der Waals surface area contributed by atoms with Gasteiger partial charge in [0.25, 0.3) is 0 Å². The highest BCUT2D eigenvalue weighted by molar-refractivity contribution is 7.90. The van der Waals surface area contributed by atoms with Gasteiger partial charge in [0.15, 0.2) is 9.84 Å². The maximum Gasteiger partial charge on any atom is 0.175 e. The summed E-state index contributed by atoms with van der Waals surface area (Å²) in [6.45, 7) is 4.06. The highest BCUT2D eigenvalue weighted by Gasteiger charge is 2.39. The summed E-state index contributed by atoms with van der Waals surface area (Å²) in [7, 11) is -1.09. The summed E-state index contributed by atoms with van der Waals surface area (Å²) in [5.74, 6) is 0.633. The van der Waals surface area contributed by atoms with Crippen molar-refractivity contribution >= 4 is 33.0 Å². The maximum absolute atomic E-state index is 11.8. The summed E-state index contributed by atoms with van der Waals surface area (Å²) in [6.07, 6.45) is 2.89. The van der Waals surface area contributed by atoms with Crippen molar-refractivity contribution in [3.8, 4) is 5.75 Å². The van der Waals surface area contributed by atoms with E-state index in [0.717, 1.165) is 50.1 Å². The average Bonchev–Trinajstić information content (AvgIpc) is 2.88. The van der Waals surface area contributed by atoms with E-state index < -0.39 is 9.84 Å². The van der Waals surface area contributed by atoms with Crippen LogP contribution in [0.1, 0.15) is 23.7 Å². The molecule has 1 aliphatic carbocycles. The van der Waals surface area contributed by atoms with Crippen LogP contribution in [0.2, 0.25) is 10.0 Å². The zero-order chi connectivity index (χ0) is 21.5. The molecule has 1 heterocycles. The lowest BCUT2D eigenvalue weighted by Crippen LogP contribution is -2.42. The van der Waals surface area contributed by atoms with Crippen LogP contribution in [0.4, 0.5) is 0 Å². The number of ether oxygens (including phenoxy) is 1. The summed E-state index contributed by atoms with van der Waals surface area (Å²) in [6, 6.07) is 10.5. The van der Waals surface area contributed by atoms with E-state index in [1.807, 2.05) is 6.07 Å². The number of rotatable bonds is 4. The molecule has 0 spiro atoms. The van der Waals surface area contributed by atoms with Gasteiger partial charge in [0.05, 0.1) is 10.9 Å². The normalized spacial score (nSPS) is 23.2. The number of fused-ring (bicyclic) bond motifs is 1. The van der Waals surface area contributed by atoms with Crippen molar-refractivity contribution in [2.24, 2.45) is 0 Å². The Morgan fingerprint density at radius 2 is 1.77 bits per heavy atom. The van der Waals surface area contributed by atoms with Gasteiger partial charge >= 0.3 is 0 Å². The molecule has 0 bridgehead atoms. The standard InChI is InChI=1S/C22H26Cl2N2O3S/c1-25-8-3-9-26(11-10-25)21-14-18-19(12-15(23)13-20(18)24)22(21)29-16-4-6-17(7-5-16)30(2,27)28/h4-7,12-13,21-22H,3,8-11,14H2,1-2H3. The number of likely N-dealkylation sites (N-methyl/N-ethyl adjacent to an activating group) is 1. The topological polar surface area (TPSA) is 49.9 Å². The van der Waals surface area contributed by atoms with Crippen LogP contribution in [-0.2, 0) is 16.3 Å². The summed E-state index contributed by atoms with van der Waals surface area (Å²) in [5.41, 5.74) is 2.10. The van der Waals surface area contributed by atoms with Crippen molar-refractivity contribution in [1.82, 2.24) is 9.80 Å². The average molecular weight is 469 g/mol. The van der Waals surface area contributed by atoms with Crippen molar-refractivity contribution < 1.29 is 13.2 Å². The quantitative estimate of drug-likeness (QED) is 0.676. The van der Waals surface area contributed by atoms with Gasteiger partial charge < -0.3 is 9.64 Å². The molecule has 2 unspecified atom stereocenters. The summed E-state index contributed by atoms with van der Waals surface area (Å²) >= 11 is 12.9. The Morgan fingerprint density at radius 1 is 1.03 bits per heavy atom. The first-order valence-corrected chi connectivity index (χ1v) is 12.7. The Balaban J connectivity index is 1.66. The van der Waals surface area contributed by atoms with Gasteiger partial charge in [-0.3, -0.25) is 4.90 Å². The largest absolute Gasteiger partial charge is 0.484 e. The lowest BCUT2D eigenvalue weighted by Gasteiger charge is -2.32. The fourth-order valence-electron chi connectivity index (χ4n) is 4.39. The molecule has 0 N–H and O–H groups in total. The number of hydrogen-bond donors (Lipinski definition) is 0. The minimum absolute atomic E-state index is 0.150. The van der Waals surface area contributed by atoms with E-state index in [4.69, 9.17) is 27.9 Å². The molecule has 0 saturated carbocycles. The molecule has 5 nitrogen and oxygen atoms in total. The van der Waals surface area contributed by atoms with Crippen molar-refractivity contribution in [3.05, 3.63) is 57.6 Å². The molecule has 30 heavy (non-hydrogen) atoms. The number of benzene rings is 2. The van der Waals surface area contributed by atoms with E-state index in [9.17, 15) is 8.42 Å². The van der Waals surface area contributed by atoms with Crippen molar-refractivity contribution in [2.45, 2.75) is 29.9 Å². The third-order valence-electron chi connectivity index (χ3n) is 6.00. The highest BCUT2D eigenvalue weighted by Crippen LogP contribution is 2.42. The lowest BCUT2D eigenvalue weighted by atomic mass is 10.1. The van der Waals surface area contributed by atoms with E-state index in [0.29, 0.717) is 15.8 Å². The first-order chi connectivity index (χ1) is 14.2. The maximum atomic E-state index is 11.8. The molecule has 0 radical (unpaired) electrons. The first-order valence-electron chi connectivity index (χ1n) is 10.1. The highest BCUT2D eigenvalue weighted by atomic mass is 35.5. The van der Waals surface area contributed by atoms with Crippen LogP contribution in [0.25, 0.3) is 0 Å². The number of nitrogens with zero attached hydrogens (tertiary/aromatic N) is 2. The van der Waals surface area contributed by atoms with Gasteiger partial charge in [0.1, 0.15) is 11.9 Å². The predicted molar refractivity (Wildman–Crippen MR) is 121 cm³/mol. The van der Waals surface area contributed by atoms with E-state index in [1.165, 1.54) is 6.26 Å². The van der Waals surface area contributed by atoms with Gasteiger partial charge in [-0.25, -0.2) is 8.42 Å². The summed E-state index contributed by atoms with van der Waals surface area (Å²) in [5, 5.41) is 1.27. The van der Waals surface area contributed by atoms with Crippen LogP contribution in [-0.4, -0.2) is 63.7 Å². The second-order valence-electron chi connectivity index (χ2n) is 8.20. The fourth-order valence-corrected chi connectivity index (χ4v) is 5.61. The number of sulfone groups is 1. The van der Waals surface area contributed by atoms with Gasteiger partial charge in [-0.05, 0) is 74.9 Å².